The Hall–Kier alpha value is -0.990. The van der Waals surface area contributed by atoms with Gasteiger partial charge in [-0.2, -0.15) is 0 Å². The molecule has 76 valence electrons. The molecule has 0 heterocycles. The lowest BCUT2D eigenvalue weighted by molar-refractivity contribution is 0.472. The topological polar surface area (TPSA) is 20.2 Å². The van der Waals surface area contributed by atoms with Crippen LogP contribution in [0, 0.1) is 0 Å². The van der Waals surface area contributed by atoms with Gasteiger partial charge in [-0.3, -0.25) is 0 Å². The van der Waals surface area contributed by atoms with Crippen molar-refractivity contribution in [3.63, 3.8) is 0 Å². The second-order valence-electron chi connectivity index (χ2n) is 3.17. The summed E-state index contributed by atoms with van der Waals surface area (Å²) in [5.41, 5.74) is 2.11. The molecule has 0 aliphatic rings. The zero-order valence-corrected chi connectivity index (χ0v) is 10.1. The van der Waals surface area contributed by atoms with E-state index < -0.39 is 0 Å². The van der Waals surface area contributed by atoms with Crippen molar-refractivity contribution in [1.29, 1.82) is 0 Å². The van der Waals surface area contributed by atoms with E-state index in [-0.39, 0.29) is 5.75 Å². The highest BCUT2D eigenvalue weighted by Gasteiger charge is 2.01. The molecular formula is C12H8BrClO. The fraction of sp³-hybridized carbons (Fsp3) is 0. The minimum atomic E-state index is 0.243. The Morgan fingerprint density at radius 2 is 1.53 bits per heavy atom. The van der Waals surface area contributed by atoms with E-state index in [2.05, 4.69) is 15.9 Å². The number of rotatable bonds is 1. The Morgan fingerprint density at radius 3 is 2.13 bits per heavy atom. The third-order valence-corrected chi connectivity index (χ3v) is 3.01. The van der Waals surface area contributed by atoms with Crippen molar-refractivity contribution in [2.75, 3.05) is 0 Å². The minimum absolute atomic E-state index is 0.243. The number of halogens is 2. The van der Waals surface area contributed by atoms with E-state index in [1.54, 1.807) is 6.07 Å². The summed E-state index contributed by atoms with van der Waals surface area (Å²) >= 11 is 9.09. The third kappa shape index (κ3) is 2.33. The fourth-order valence-electron chi connectivity index (χ4n) is 1.33. The molecule has 0 radical (unpaired) electrons. The summed E-state index contributed by atoms with van der Waals surface area (Å²) in [4.78, 5) is 0. The number of phenols is 1. The fourth-order valence-corrected chi connectivity index (χ4v) is 1.83. The van der Waals surface area contributed by atoms with Crippen LogP contribution in [0.1, 0.15) is 0 Å². The van der Waals surface area contributed by atoms with Crippen LogP contribution in [0.15, 0.2) is 46.9 Å². The molecule has 0 aromatic heterocycles. The van der Waals surface area contributed by atoms with E-state index in [4.69, 9.17) is 11.6 Å². The molecule has 2 aromatic carbocycles. The molecule has 0 bridgehead atoms. The van der Waals surface area contributed by atoms with Crippen LogP contribution in [0.4, 0.5) is 0 Å². The molecule has 1 nitrogen and oxygen atoms in total. The first kappa shape index (κ1) is 10.5. The summed E-state index contributed by atoms with van der Waals surface area (Å²) in [6, 6.07) is 13.0. The van der Waals surface area contributed by atoms with Crippen LogP contribution in [0.2, 0.25) is 5.02 Å². The Balaban J connectivity index is 2.45. The molecule has 2 rings (SSSR count). The lowest BCUT2D eigenvalue weighted by atomic mass is 10.1. The highest BCUT2D eigenvalue weighted by Crippen LogP contribution is 2.30. The van der Waals surface area contributed by atoms with Crippen LogP contribution in [0.5, 0.6) is 5.75 Å². The molecule has 15 heavy (non-hydrogen) atoms. The summed E-state index contributed by atoms with van der Waals surface area (Å²) in [7, 11) is 0. The predicted octanol–water partition coefficient (Wildman–Crippen LogP) is 4.48. The second-order valence-corrected chi connectivity index (χ2v) is 4.46. The van der Waals surface area contributed by atoms with Gasteiger partial charge in [-0.1, -0.05) is 29.8 Å². The van der Waals surface area contributed by atoms with Crippen LogP contribution in [-0.2, 0) is 0 Å². The van der Waals surface area contributed by atoms with Crippen molar-refractivity contribution < 1.29 is 5.11 Å². The largest absolute Gasteiger partial charge is 0.507 e. The standard InChI is InChI=1S/C12H8BrClO/c13-11-7-9(3-6-12(11)15)8-1-4-10(14)5-2-8/h1-7,15H. The molecule has 3 heteroatoms. The second kappa shape index (κ2) is 4.25. The Bertz CT molecular complexity index is 479. The van der Waals surface area contributed by atoms with Crippen molar-refractivity contribution in [3.05, 3.63) is 52.0 Å². The first-order chi connectivity index (χ1) is 7.16. The van der Waals surface area contributed by atoms with Gasteiger partial charge >= 0.3 is 0 Å². The van der Waals surface area contributed by atoms with E-state index in [0.717, 1.165) is 16.1 Å². The van der Waals surface area contributed by atoms with Crippen LogP contribution >= 0.6 is 27.5 Å². The van der Waals surface area contributed by atoms with Gasteiger partial charge in [0.2, 0.25) is 0 Å². The zero-order valence-electron chi connectivity index (χ0n) is 7.74. The maximum Gasteiger partial charge on any atom is 0.129 e. The molecule has 0 fully saturated rings. The number of phenolic OH excluding ortho intramolecular Hbond substituents is 1. The first-order valence-corrected chi connectivity index (χ1v) is 5.58. The Labute approximate surface area is 101 Å². The van der Waals surface area contributed by atoms with Crippen LogP contribution < -0.4 is 0 Å². The molecular weight excluding hydrogens is 275 g/mol. The molecule has 0 atom stereocenters. The first-order valence-electron chi connectivity index (χ1n) is 4.41. The molecule has 0 aliphatic carbocycles. The van der Waals surface area contributed by atoms with Gasteiger partial charge in [-0.25, -0.2) is 0 Å². The number of aromatic hydroxyl groups is 1. The van der Waals surface area contributed by atoms with Gasteiger partial charge in [-0.05, 0) is 51.3 Å². The molecule has 1 N–H and O–H groups in total. The average molecular weight is 284 g/mol. The molecule has 0 saturated heterocycles. The van der Waals surface area contributed by atoms with E-state index >= 15 is 0 Å². The highest BCUT2D eigenvalue weighted by atomic mass is 79.9. The van der Waals surface area contributed by atoms with Gasteiger partial charge in [-0.15, -0.1) is 0 Å². The number of hydrogen-bond donors (Lipinski definition) is 1. The Morgan fingerprint density at radius 1 is 0.933 bits per heavy atom. The molecule has 0 aliphatic heterocycles. The van der Waals surface area contributed by atoms with Crippen molar-refractivity contribution in [2.24, 2.45) is 0 Å². The third-order valence-electron chi connectivity index (χ3n) is 2.13. The highest BCUT2D eigenvalue weighted by molar-refractivity contribution is 9.10. The van der Waals surface area contributed by atoms with Crippen molar-refractivity contribution in [2.45, 2.75) is 0 Å². The molecule has 0 saturated carbocycles. The number of hydrogen-bond acceptors (Lipinski definition) is 1. The zero-order chi connectivity index (χ0) is 10.8. The molecule has 0 unspecified atom stereocenters. The van der Waals surface area contributed by atoms with Crippen LogP contribution in [-0.4, -0.2) is 5.11 Å². The smallest absolute Gasteiger partial charge is 0.129 e. The predicted molar refractivity (Wildman–Crippen MR) is 66.3 cm³/mol. The van der Waals surface area contributed by atoms with Gasteiger partial charge in [0.1, 0.15) is 5.75 Å². The van der Waals surface area contributed by atoms with Gasteiger partial charge in [0, 0.05) is 5.02 Å². The maximum absolute atomic E-state index is 9.37. The summed E-state index contributed by atoms with van der Waals surface area (Å²) in [6.07, 6.45) is 0. The quantitative estimate of drug-likeness (QED) is 0.818. The van der Waals surface area contributed by atoms with E-state index in [1.807, 2.05) is 36.4 Å². The van der Waals surface area contributed by atoms with Crippen LogP contribution in [0.3, 0.4) is 0 Å². The maximum atomic E-state index is 9.37. The summed E-state index contributed by atoms with van der Waals surface area (Å²) in [5.74, 6) is 0.243. The SMILES string of the molecule is Oc1ccc(-c2ccc(Cl)cc2)cc1Br. The van der Waals surface area contributed by atoms with Crippen LogP contribution in [0.25, 0.3) is 11.1 Å². The van der Waals surface area contributed by atoms with E-state index in [1.165, 1.54) is 0 Å². The van der Waals surface area contributed by atoms with Gasteiger partial charge in [0.15, 0.2) is 0 Å². The summed E-state index contributed by atoms with van der Waals surface area (Å²) < 4.78 is 0.690. The molecule has 0 amide bonds. The molecule has 2 aromatic rings. The van der Waals surface area contributed by atoms with E-state index in [0.29, 0.717) is 4.47 Å². The normalized spacial score (nSPS) is 10.3. The van der Waals surface area contributed by atoms with Crippen molar-refractivity contribution >= 4 is 27.5 Å². The van der Waals surface area contributed by atoms with Gasteiger partial charge in [0.05, 0.1) is 4.47 Å². The Kier molecular flexibility index (Phi) is 2.98. The minimum Gasteiger partial charge on any atom is -0.507 e. The monoisotopic (exact) mass is 282 g/mol. The summed E-state index contributed by atoms with van der Waals surface area (Å²) in [6.45, 7) is 0. The lowest BCUT2D eigenvalue weighted by Crippen LogP contribution is -1.77. The van der Waals surface area contributed by atoms with E-state index in [9.17, 15) is 5.11 Å². The number of benzene rings is 2. The lowest BCUT2D eigenvalue weighted by Gasteiger charge is -2.03. The van der Waals surface area contributed by atoms with Crippen molar-refractivity contribution in [3.8, 4) is 16.9 Å². The molecule has 0 spiro atoms. The van der Waals surface area contributed by atoms with Crippen molar-refractivity contribution in [1.82, 2.24) is 0 Å². The van der Waals surface area contributed by atoms with Gasteiger partial charge < -0.3 is 5.11 Å². The average Bonchev–Trinajstić information content (AvgIpc) is 2.23. The van der Waals surface area contributed by atoms with Gasteiger partial charge in [0.25, 0.3) is 0 Å². The summed E-state index contributed by atoms with van der Waals surface area (Å²) in [5, 5.41) is 10.1.